The average Bonchev–Trinajstić information content (AvgIpc) is 2.52. The van der Waals surface area contributed by atoms with Gasteiger partial charge < -0.3 is 5.32 Å². The lowest BCUT2D eigenvalue weighted by Crippen LogP contribution is -2.30. The van der Waals surface area contributed by atoms with Crippen molar-refractivity contribution in [2.45, 2.75) is 32.6 Å². The third kappa shape index (κ3) is 5.81. The van der Waals surface area contributed by atoms with Crippen LogP contribution >= 0.6 is 0 Å². The summed E-state index contributed by atoms with van der Waals surface area (Å²) >= 11 is 0. The Balaban J connectivity index is 2.08. The van der Waals surface area contributed by atoms with Crippen LogP contribution < -0.4 is 5.32 Å². The number of amides is 1. The van der Waals surface area contributed by atoms with Crippen LogP contribution in [0.25, 0.3) is 0 Å². The van der Waals surface area contributed by atoms with E-state index >= 15 is 0 Å². The number of halogens is 1. The van der Waals surface area contributed by atoms with Crippen LogP contribution in [0, 0.1) is 11.7 Å². The van der Waals surface area contributed by atoms with E-state index in [1.54, 1.807) is 18.3 Å². The first-order chi connectivity index (χ1) is 11.0. The van der Waals surface area contributed by atoms with E-state index < -0.39 is 0 Å². The Morgan fingerprint density at radius 2 is 1.96 bits per heavy atom. The zero-order valence-corrected chi connectivity index (χ0v) is 13.6. The molecular formula is C19H23FN2O. The summed E-state index contributed by atoms with van der Waals surface area (Å²) in [7, 11) is 0. The van der Waals surface area contributed by atoms with Crippen LogP contribution in [0.4, 0.5) is 4.39 Å². The first kappa shape index (κ1) is 17.1. The quantitative estimate of drug-likeness (QED) is 0.846. The standard InChI is InChI=1S/C19H23FN2O/c1-14(2)10-19(23)22-13-17(11-15-4-3-9-21-12-15)16-5-7-18(20)8-6-16/h3-9,12,14,17H,10-11,13H2,1-2H3,(H,22,23). The minimum absolute atomic E-state index is 0.0540. The Hall–Kier alpha value is -2.23. The van der Waals surface area contributed by atoms with E-state index in [2.05, 4.69) is 10.3 Å². The zero-order valence-electron chi connectivity index (χ0n) is 13.6. The molecule has 0 radical (unpaired) electrons. The maximum Gasteiger partial charge on any atom is 0.220 e. The maximum absolute atomic E-state index is 13.2. The van der Waals surface area contributed by atoms with Crippen molar-refractivity contribution in [2.75, 3.05) is 6.54 Å². The van der Waals surface area contributed by atoms with Crippen LogP contribution in [0.5, 0.6) is 0 Å². The van der Waals surface area contributed by atoms with Crippen LogP contribution in [0.3, 0.4) is 0 Å². The fourth-order valence-corrected chi connectivity index (χ4v) is 2.53. The predicted octanol–water partition coefficient (Wildman–Crippen LogP) is 3.71. The highest BCUT2D eigenvalue weighted by molar-refractivity contribution is 5.76. The molecule has 1 heterocycles. The molecule has 0 aliphatic rings. The van der Waals surface area contributed by atoms with E-state index in [1.165, 1.54) is 12.1 Å². The molecule has 1 amide bonds. The average molecular weight is 314 g/mol. The van der Waals surface area contributed by atoms with Crippen molar-refractivity contribution < 1.29 is 9.18 Å². The van der Waals surface area contributed by atoms with Gasteiger partial charge in [-0.15, -0.1) is 0 Å². The maximum atomic E-state index is 13.2. The Morgan fingerprint density at radius 1 is 1.22 bits per heavy atom. The second kappa shape index (κ2) is 8.42. The lowest BCUT2D eigenvalue weighted by Gasteiger charge is -2.19. The molecule has 0 saturated carbocycles. The smallest absolute Gasteiger partial charge is 0.220 e. The summed E-state index contributed by atoms with van der Waals surface area (Å²) in [5.41, 5.74) is 2.11. The summed E-state index contributed by atoms with van der Waals surface area (Å²) in [4.78, 5) is 16.0. The summed E-state index contributed by atoms with van der Waals surface area (Å²) < 4.78 is 13.2. The number of carbonyl (C=O) groups excluding carboxylic acids is 1. The molecule has 1 atom stereocenters. The number of hydrogen-bond acceptors (Lipinski definition) is 2. The fourth-order valence-electron chi connectivity index (χ4n) is 2.53. The van der Waals surface area contributed by atoms with Gasteiger partial charge in [0.1, 0.15) is 5.82 Å². The van der Waals surface area contributed by atoms with Crippen molar-refractivity contribution in [3.63, 3.8) is 0 Å². The first-order valence-electron chi connectivity index (χ1n) is 7.95. The molecule has 1 unspecified atom stereocenters. The van der Waals surface area contributed by atoms with Crippen molar-refractivity contribution in [3.8, 4) is 0 Å². The van der Waals surface area contributed by atoms with Gasteiger partial charge in [-0.05, 0) is 41.7 Å². The van der Waals surface area contributed by atoms with Gasteiger partial charge in [0.2, 0.25) is 5.91 Å². The molecule has 2 rings (SSSR count). The van der Waals surface area contributed by atoms with Gasteiger partial charge in [-0.25, -0.2) is 4.39 Å². The SMILES string of the molecule is CC(C)CC(=O)NCC(Cc1cccnc1)c1ccc(F)cc1. The number of hydrogen-bond donors (Lipinski definition) is 1. The highest BCUT2D eigenvalue weighted by atomic mass is 19.1. The van der Waals surface area contributed by atoms with Gasteiger partial charge in [0.25, 0.3) is 0 Å². The van der Waals surface area contributed by atoms with Gasteiger partial charge in [-0.3, -0.25) is 9.78 Å². The molecule has 4 heteroatoms. The molecule has 1 aromatic carbocycles. The number of nitrogens with one attached hydrogen (secondary N) is 1. The van der Waals surface area contributed by atoms with Gasteiger partial charge in [0, 0.05) is 31.3 Å². The highest BCUT2D eigenvalue weighted by Gasteiger charge is 2.15. The molecule has 1 aromatic heterocycles. The van der Waals surface area contributed by atoms with Crippen LogP contribution in [0.2, 0.25) is 0 Å². The van der Waals surface area contributed by atoms with Crippen molar-refractivity contribution >= 4 is 5.91 Å². The molecule has 0 bridgehead atoms. The number of aromatic nitrogens is 1. The third-order valence-corrected chi connectivity index (χ3v) is 3.69. The molecular weight excluding hydrogens is 291 g/mol. The van der Waals surface area contributed by atoms with Crippen molar-refractivity contribution in [2.24, 2.45) is 5.92 Å². The number of pyridine rings is 1. The molecule has 0 fully saturated rings. The highest BCUT2D eigenvalue weighted by Crippen LogP contribution is 2.20. The van der Waals surface area contributed by atoms with Crippen LogP contribution in [0.1, 0.15) is 37.3 Å². The van der Waals surface area contributed by atoms with E-state index in [0.717, 1.165) is 17.5 Å². The summed E-state index contributed by atoms with van der Waals surface area (Å²) in [5, 5.41) is 2.99. The number of rotatable bonds is 7. The fraction of sp³-hybridized carbons (Fsp3) is 0.368. The lowest BCUT2D eigenvalue weighted by atomic mass is 9.92. The number of carbonyl (C=O) groups is 1. The van der Waals surface area contributed by atoms with Crippen LogP contribution in [-0.2, 0) is 11.2 Å². The van der Waals surface area contributed by atoms with Crippen LogP contribution in [-0.4, -0.2) is 17.4 Å². The van der Waals surface area contributed by atoms with E-state index in [9.17, 15) is 9.18 Å². The Bertz CT molecular complexity index is 611. The van der Waals surface area contributed by atoms with Gasteiger partial charge in [-0.2, -0.15) is 0 Å². The molecule has 3 nitrogen and oxygen atoms in total. The first-order valence-corrected chi connectivity index (χ1v) is 7.95. The van der Waals surface area contributed by atoms with Crippen molar-refractivity contribution in [3.05, 3.63) is 65.7 Å². The molecule has 1 N–H and O–H groups in total. The monoisotopic (exact) mass is 314 g/mol. The molecule has 0 spiro atoms. The molecule has 0 aliphatic heterocycles. The van der Waals surface area contributed by atoms with Gasteiger partial charge in [0.05, 0.1) is 0 Å². The topological polar surface area (TPSA) is 42.0 Å². The third-order valence-electron chi connectivity index (χ3n) is 3.69. The summed E-state index contributed by atoms with van der Waals surface area (Å²) in [5.74, 6) is 0.226. The molecule has 23 heavy (non-hydrogen) atoms. The molecule has 122 valence electrons. The molecule has 2 aromatic rings. The van der Waals surface area contributed by atoms with E-state index in [-0.39, 0.29) is 17.6 Å². The second-order valence-electron chi connectivity index (χ2n) is 6.22. The van der Waals surface area contributed by atoms with E-state index in [1.807, 2.05) is 32.2 Å². The summed E-state index contributed by atoms with van der Waals surface area (Å²) in [6.45, 7) is 4.57. The van der Waals surface area contributed by atoms with E-state index in [0.29, 0.717) is 18.9 Å². The largest absolute Gasteiger partial charge is 0.355 e. The minimum Gasteiger partial charge on any atom is -0.355 e. The molecule has 0 saturated heterocycles. The zero-order chi connectivity index (χ0) is 16.7. The second-order valence-corrected chi connectivity index (χ2v) is 6.22. The van der Waals surface area contributed by atoms with Gasteiger partial charge in [-0.1, -0.05) is 32.0 Å². The minimum atomic E-state index is -0.252. The van der Waals surface area contributed by atoms with Gasteiger partial charge >= 0.3 is 0 Å². The molecule has 0 aliphatic carbocycles. The van der Waals surface area contributed by atoms with Crippen LogP contribution in [0.15, 0.2) is 48.8 Å². The van der Waals surface area contributed by atoms with Crippen molar-refractivity contribution in [1.82, 2.24) is 10.3 Å². The predicted molar refractivity (Wildman–Crippen MR) is 89.5 cm³/mol. The number of nitrogens with zero attached hydrogens (tertiary/aromatic N) is 1. The summed E-state index contributed by atoms with van der Waals surface area (Å²) in [6, 6.07) is 10.4. The Morgan fingerprint density at radius 3 is 2.57 bits per heavy atom. The normalized spacial score (nSPS) is 12.2. The lowest BCUT2D eigenvalue weighted by molar-refractivity contribution is -0.121. The summed E-state index contributed by atoms with van der Waals surface area (Å²) in [6.07, 6.45) is 4.83. The number of benzene rings is 1. The van der Waals surface area contributed by atoms with Crippen molar-refractivity contribution in [1.29, 1.82) is 0 Å². The Labute approximate surface area is 137 Å². The van der Waals surface area contributed by atoms with E-state index in [4.69, 9.17) is 0 Å². The van der Waals surface area contributed by atoms with Gasteiger partial charge in [0.15, 0.2) is 0 Å². The Kier molecular flexibility index (Phi) is 6.27.